The molecular weight excluding hydrogens is 363 g/mol. The van der Waals surface area contributed by atoms with Crippen molar-refractivity contribution in [3.05, 3.63) is 35.6 Å². The first-order chi connectivity index (χ1) is 11.7. The number of benzene rings is 1. The number of rotatable bonds is 4. The molecular formula is C17H21FN2O3S2. The van der Waals surface area contributed by atoms with Crippen molar-refractivity contribution >= 4 is 32.7 Å². The minimum atomic E-state index is -3.07. The summed E-state index contributed by atoms with van der Waals surface area (Å²) in [4.78, 5) is 18.2. The third-order valence-electron chi connectivity index (χ3n) is 4.24. The lowest BCUT2D eigenvalue weighted by molar-refractivity contribution is -0.118. The van der Waals surface area contributed by atoms with Crippen LogP contribution in [0.25, 0.3) is 0 Å². The van der Waals surface area contributed by atoms with E-state index in [1.54, 1.807) is 12.1 Å². The standard InChI is InChI=1S/C17H21FN2O3S2/c1-11(2)7-16(21)19-17-20(8-12-3-5-13(18)6-4-12)14-9-25(22,23)10-15(14)24-17/h3-6,11,14-15H,7-10H2,1-2H3/t14-,15+/m1/s1. The molecule has 0 unspecified atom stereocenters. The van der Waals surface area contributed by atoms with E-state index in [2.05, 4.69) is 4.99 Å². The topological polar surface area (TPSA) is 66.8 Å². The van der Waals surface area contributed by atoms with Crippen LogP contribution in [-0.2, 0) is 21.2 Å². The molecule has 2 saturated heterocycles. The predicted octanol–water partition coefficient (Wildman–Crippen LogP) is 2.47. The molecule has 0 aromatic heterocycles. The number of amidine groups is 1. The average molecular weight is 384 g/mol. The van der Waals surface area contributed by atoms with Crippen LogP contribution in [-0.4, -0.2) is 47.2 Å². The minimum absolute atomic E-state index is 0.0727. The van der Waals surface area contributed by atoms with E-state index in [0.717, 1.165) is 5.56 Å². The van der Waals surface area contributed by atoms with Crippen LogP contribution in [0.15, 0.2) is 29.3 Å². The van der Waals surface area contributed by atoms with Crippen molar-refractivity contribution in [3.8, 4) is 0 Å². The number of aliphatic imine (C=N–C) groups is 1. The molecule has 0 saturated carbocycles. The van der Waals surface area contributed by atoms with Crippen LogP contribution in [0.4, 0.5) is 4.39 Å². The van der Waals surface area contributed by atoms with Crippen molar-refractivity contribution in [2.45, 2.75) is 38.1 Å². The molecule has 2 aliphatic rings. The Morgan fingerprint density at radius 2 is 2.00 bits per heavy atom. The van der Waals surface area contributed by atoms with Gasteiger partial charge in [-0.25, -0.2) is 12.8 Å². The number of carbonyl (C=O) groups excluding carboxylic acids is 1. The lowest BCUT2D eigenvalue weighted by atomic mass is 10.1. The van der Waals surface area contributed by atoms with Crippen LogP contribution >= 0.6 is 11.8 Å². The summed E-state index contributed by atoms with van der Waals surface area (Å²) in [5, 5.41) is 0.482. The second-order valence-corrected chi connectivity index (χ2v) is 10.3. The van der Waals surface area contributed by atoms with Gasteiger partial charge >= 0.3 is 0 Å². The molecule has 5 nitrogen and oxygen atoms in total. The van der Waals surface area contributed by atoms with E-state index in [1.807, 2.05) is 18.7 Å². The molecule has 0 aliphatic carbocycles. The lowest BCUT2D eigenvalue weighted by Gasteiger charge is -2.24. The number of fused-ring (bicyclic) bond motifs is 1. The number of carbonyl (C=O) groups is 1. The van der Waals surface area contributed by atoms with Crippen molar-refractivity contribution in [2.24, 2.45) is 10.9 Å². The van der Waals surface area contributed by atoms with Crippen LogP contribution in [0.2, 0.25) is 0 Å². The number of halogens is 1. The molecule has 1 aromatic carbocycles. The van der Waals surface area contributed by atoms with Gasteiger partial charge < -0.3 is 4.90 Å². The number of amides is 1. The molecule has 0 spiro atoms. The molecule has 0 bridgehead atoms. The lowest BCUT2D eigenvalue weighted by Crippen LogP contribution is -2.37. The maximum Gasteiger partial charge on any atom is 0.248 e. The summed E-state index contributed by atoms with van der Waals surface area (Å²) < 4.78 is 37.1. The van der Waals surface area contributed by atoms with Crippen LogP contribution < -0.4 is 0 Å². The summed E-state index contributed by atoms with van der Waals surface area (Å²) in [6, 6.07) is 5.91. The van der Waals surface area contributed by atoms with Crippen LogP contribution in [0.1, 0.15) is 25.8 Å². The first-order valence-corrected chi connectivity index (χ1v) is 10.9. The number of thioether (sulfide) groups is 1. The van der Waals surface area contributed by atoms with Gasteiger partial charge in [-0.3, -0.25) is 4.79 Å². The molecule has 0 N–H and O–H groups in total. The number of hydrogen-bond donors (Lipinski definition) is 0. The van der Waals surface area contributed by atoms with E-state index < -0.39 is 9.84 Å². The minimum Gasteiger partial charge on any atom is -0.342 e. The Morgan fingerprint density at radius 3 is 2.64 bits per heavy atom. The van der Waals surface area contributed by atoms with E-state index >= 15 is 0 Å². The SMILES string of the molecule is CC(C)CC(=O)N=C1S[C@H]2CS(=O)(=O)C[C@H]2N1Cc1ccc(F)cc1. The third kappa shape index (κ3) is 4.41. The van der Waals surface area contributed by atoms with Gasteiger partial charge in [-0.1, -0.05) is 37.7 Å². The molecule has 1 aromatic rings. The fourth-order valence-corrected chi connectivity index (χ4v) is 7.08. The van der Waals surface area contributed by atoms with Gasteiger partial charge in [0.1, 0.15) is 5.82 Å². The number of hydrogen-bond acceptors (Lipinski definition) is 4. The average Bonchev–Trinajstić information content (AvgIpc) is 2.93. The number of nitrogens with zero attached hydrogens (tertiary/aromatic N) is 2. The summed E-state index contributed by atoms with van der Waals surface area (Å²) in [5.74, 6) is -0.108. The highest BCUT2D eigenvalue weighted by Gasteiger charge is 2.48. The summed E-state index contributed by atoms with van der Waals surface area (Å²) in [7, 11) is -3.07. The molecule has 3 rings (SSSR count). The van der Waals surface area contributed by atoms with Crippen molar-refractivity contribution in [2.75, 3.05) is 11.5 Å². The highest BCUT2D eigenvalue weighted by Crippen LogP contribution is 2.39. The maximum absolute atomic E-state index is 13.1. The van der Waals surface area contributed by atoms with Gasteiger partial charge in [0.2, 0.25) is 5.91 Å². The fraction of sp³-hybridized carbons (Fsp3) is 0.529. The van der Waals surface area contributed by atoms with E-state index in [-0.39, 0.29) is 40.4 Å². The van der Waals surface area contributed by atoms with Gasteiger partial charge in [-0.05, 0) is 23.6 Å². The Balaban J connectivity index is 1.85. The molecule has 2 aliphatic heterocycles. The summed E-state index contributed by atoms with van der Waals surface area (Å²) in [6.07, 6.45) is 0.363. The predicted molar refractivity (Wildman–Crippen MR) is 97.7 cm³/mol. The Labute approximate surface area is 151 Å². The van der Waals surface area contributed by atoms with E-state index in [9.17, 15) is 17.6 Å². The molecule has 25 heavy (non-hydrogen) atoms. The van der Waals surface area contributed by atoms with Gasteiger partial charge in [-0.2, -0.15) is 4.99 Å². The third-order valence-corrected chi connectivity index (χ3v) is 7.49. The van der Waals surface area contributed by atoms with E-state index in [1.165, 1.54) is 23.9 Å². The van der Waals surface area contributed by atoms with E-state index in [0.29, 0.717) is 18.1 Å². The van der Waals surface area contributed by atoms with Crippen LogP contribution in [0.5, 0.6) is 0 Å². The second kappa shape index (κ2) is 7.07. The first kappa shape index (κ1) is 18.4. The van der Waals surface area contributed by atoms with Crippen molar-refractivity contribution in [1.82, 2.24) is 4.90 Å². The van der Waals surface area contributed by atoms with Crippen LogP contribution in [0.3, 0.4) is 0 Å². The molecule has 2 atom stereocenters. The summed E-state index contributed by atoms with van der Waals surface area (Å²) in [5.41, 5.74) is 0.857. The highest BCUT2D eigenvalue weighted by atomic mass is 32.2. The Bertz CT molecular complexity index is 791. The van der Waals surface area contributed by atoms with Gasteiger partial charge in [-0.15, -0.1) is 0 Å². The summed E-state index contributed by atoms with van der Waals surface area (Å²) in [6.45, 7) is 4.33. The normalized spacial score (nSPS) is 26.4. The zero-order chi connectivity index (χ0) is 18.2. The zero-order valence-corrected chi connectivity index (χ0v) is 15.8. The quantitative estimate of drug-likeness (QED) is 0.798. The highest BCUT2D eigenvalue weighted by molar-refractivity contribution is 8.15. The van der Waals surface area contributed by atoms with Crippen molar-refractivity contribution in [3.63, 3.8) is 0 Å². The van der Waals surface area contributed by atoms with Gasteiger partial charge in [0, 0.05) is 18.2 Å². The van der Waals surface area contributed by atoms with E-state index in [4.69, 9.17) is 0 Å². The molecule has 2 fully saturated rings. The first-order valence-electron chi connectivity index (χ1n) is 8.23. The summed E-state index contributed by atoms with van der Waals surface area (Å²) >= 11 is 1.37. The molecule has 136 valence electrons. The molecule has 8 heteroatoms. The smallest absolute Gasteiger partial charge is 0.248 e. The monoisotopic (exact) mass is 384 g/mol. The van der Waals surface area contributed by atoms with Crippen molar-refractivity contribution < 1.29 is 17.6 Å². The fourth-order valence-electron chi connectivity index (χ4n) is 3.11. The van der Waals surface area contributed by atoms with Gasteiger partial charge in [0.15, 0.2) is 15.0 Å². The zero-order valence-electron chi connectivity index (χ0n) is 14.2. The maximum atomic E-state index is 13.1. The molecule has 1 amide bonds. The Morgan fingerprint density at radius 1 is 1.32 bits per heavy atom. The molecule has 2 heterocycles. The van der Waals surface area contributed by atoms with Crippen molar-refractivity contribution in [1.29, 1.82) is 0 Å². The van der Waals surface area contributed by atoms with Crippen LogP contribution in [0, 0.1) is 11.7 Å². The Hall–Kier alpha value is -1.41. The Kier molecular flexibility index (Phi) is 5.20. The largest absolute Gasteiger partial charge is 0.342 e. The number of sulfone groups is 1. The van der Waals surface area contributed by atoms with Gasteiger partial charge in [0.05, 0.1) is 17.5 Å². The van der Waals surface area contributed by atoms with Gasteiger partial charge in [0.25, 0.3) is 0 Å². The second-order valence-electron chi connectivity index (χ2n) is 6.94. The molecule has 0 radical (unpaired) electrons.